The van der Waals surface area contributed by atoms with E-state index in [0.29, 0.717) is 0 Å². The highest BCUT2D eigenvalue weighted by Gasteiger charge is 2.73. The zero-order chi connectivity index (χ0) is 10.9. The molecule has 0 aliphatic carbocycles. The summed E-state index contributed by atoms with van der Waals surface area (Å²) >= 11 is 0. The van der Waals surface area contributed by atoms with Gasteiger partial charge in [-0.25, -0.2) is 0 Å². The molecule has 13 heavy (non-hydrogen) atoms. The van der Waals surface area contributed by atoms with Gasteiger partial charge in [-0.15, -0.1) is 0 Å². The summed E-state index contributed by atoms with van der Waals surface area (Å²) in [5, 5.41) is -0.0402. The molecule has 0 atom stereocenters. The Labute approximate surface area is 66.7 Å². The fourth-order valence-electron chi connectivity index (χ4n) is 0.321. The molecule has 77 valence electrons. The van der Waals surface area contributed by atoms with E-state index in [9.17, 15) is 35.5 Å². The van der Waals surface area contributed by atoms with Crippen molar-refractivity contribution in [3.8, 4) is 0 Å². The average Bonchev–Trinajstić information content (AvgIpc) is 1.84. The maximum atomic E-state index is 11.9. The van der Waals surface area contributed by atoms with Crippen LogP contribution in [0.25, 0.3) is 0 Å². The molecule has 0 aromatic rings. The van der Waals surface area contributed by atoms with Gasteiger partial charge in [-0.05, 0) is 0 Å². The molecule has 0 saturated heterocycles. The minimum atomic E-state index is -6.44. The van der Waals surface area contributed by atoms with E-state index < -0.39 is 18.1 Å². The van der Waals surface area contributed by atoms with E-state index in [1.807, 2.05) is 0 Å². The van der Waals surface area contributed by atoms with E-state index in [-0.39, 0.29) is 11.7 Å². The van der Waals surface area contributed by atoms with E-state index in [0.717, 1.165) is 0 Å². The van der Waals surface area contributed by atoms with Gasteiger partial charge < -0.3 is 0 Å². The molecule has 9 heteroatoms. The van der Waals surface area contributed by atoms with Crippen LogP contribution in [0, 0.1) is 0 Å². The van der Waals surface area contributed by atoms with Crippen molar-refractivity contribution in [1.29, 1.82) is 0 Å². The van der Waals surface area contributed by atoms with Gasteiger partial charge in [0.15, 0.2) is 0 Å². The highest BCUT2D eigenvalue weighted by atomic mass is 19.4. The molecule has 0 aromatic heterocycles. The van der Waals surface area contributed by atoms with Crippen molar-refractivity contribution in [3.05, 3.63) is 0 Å². The van der Waals surface area contributed by atoms with Crippen molar-refractivity contribution in [2.45, 2.75) is 18.1 Å². The summed E-state index contributed by atoms with van der Waals surface area (Å²) in [6.45, 7) is 0. The Bertz CT molecular complexity index is 197. The minimum absolute atomic E-state index is 0.0402. The van der Waals surface area contributed by atoms with Crippen molar-refractivity contribution < 1.29 is 35.5 Å². The van der Waals surface area contributed by atoms with Crippen LogP contribution in [-0.4, -0.2) is 24.6 Å². The fourth-order valence-corrected chi connectivity index (χ4v) is 0.321. The van der Waals surface area contributed by atoms with Crippen LogP contribution in [0.5, 0.6) is 0 Å². The van der Waals surface area contributed by atoms with E-state index in [1.165, 1.54) is 0 Å². The van der Waals surface area contributed by atoms with Gasteiger partial charge in [0.25, 0.3) is 0 Å². The Hall–Kier alpha value is -1.02. The van der Waals surface area contributed by atoms with Crippen LogP contribution in [-0.2, 0) is 4.79 Å². The lowest BCUT2D eigenvalue weighted by Crippen LogP contribution is -2.59. The lowest BCUT2D eigenvalue weighted by molar-refractivity contribution is -0.358. The summed E-state index contributed by atoms with van der Waals surface area (Å²) in [5.41, 5.74) is 0. The number of alkyl halides is 7. The molecule has 0 aliphatic heterocycles. The van der Waals surface area contributed by atoms with Gasteiger partial charge in [0, 0.05) is 0 Å². The summed E-state index contributed by atoms with van der Waals surface area (Å²) in [6.07, 6.45) is -6.39. The second-order valence-corrected chi connectivity index (χ2v) is 1.87. The predicted molar refractivity (Wildman–Crippen MR) is 24.8 cm³/mol. The first-order valence-corrected chi connectivity index (χ1v) is 2.53. The molecule has 0 unspecified atom stereocenters. The molecule has 1 radical (unpaired) electrons. The third kappa shape index (κ3) is 2.01. The molecule has 0 bridgehead atoms. The highest BCUT2D eigenvalue weighted by molar-refractivity contribution is 5.48. The summed E-state index contributed by atoms with van der Waals surface area (Å²) < 4.78 is 81.0. The van der Waals surface area contributed by atoms with Gasteiger partial charge >= 0.3 is 24.6 Å². The number of nitrogens with one attached hydrogen (secondary N) is 1. The molecule has 0 fully saturated rings. The average molecular weight is 212 g/mol. The Morgan fingerprint density at radius 2 is 1.31 bits per heavy atom. The summed E-state index contributed by atoms with van der Waals surface area (Å²) in [5.74, 6) is -6.32. The number of rotatable bonds is 3. The molecule has 0 aromatic carbocycles. The van der Waals surface area contributed by atoms with E-state index in [2.05, 4.69) is 0 Å². The Balaban J connectivity index is 4.91. The van der Waals surface area contributed by atoms with Crippen LogP contribution >= 0.6 is 0 Å². The minimum Gasteiger partial charge on any atom is -0.284 e. The first-order valence-electron chi connectivity index (χ1n) is 2.53. The highest BCUT2D eigenvalue weighted by Crippen LogP contribution is 2.44. The lowest BCUT2D eigenvalue weighted by Gasteiger charge is -2.26. The molecule has 0 heterocycles. The Morgan fingerprint density at radius 1 is 0.923 bits per heavy atom. The molecule has 0 saturated carbocycles. The van der Waals surface area contributed by atoms with Gasteiger partial charge in [0.1, 0.15) is 0 Å². The molecule has 1 N–H and O–H groups in total. The van der Waals surface area contributed by atoms with Gasteiger partial charge in [-0.2, -0.15) is 30.7 Å². The summed E-state index contributed by atoms with van der Waals surface area (Å²) in [7, 11) is 0. The molecule has 0 aliphatic rings. The van der Waals surface area contributed by atoms with Gasteiger partial charge in [0.05, 0.1) is 0 Å². The summed E-state index contributed by atoms with van der Waals surface area (Å²) in [6, 6.07) is -5.70. The van der Waals surface area contributed by atoms with Crippen molar-refractivity contribution in [1.82, 2.24) is 5.32 Å². The fraction of sp³-hybridized carbons (Fsp3) is 0.750. The first-order chi connectivity index (χ1) is 5.56. The first kappa shape index (κ1) is 12.0. The Kier molecular flexibility index (Phi) is 2.80. The topological polar surface area (TPSA) is 29.1 Å². The number of amides is 1. The monoisotopic (exact) mass is 212 g/mol. The van der Waals surface area contributed by atoms with Crippen LogP contribution in [0.15, 0.2) is 0 Å². The predicted octanol–water partition coefficient (Wildman–Crippen LogP) is 1.43. The molecule has 0 rings (SSSR count). The van der Waals surface area contributed by atoms with Gasteiger partial charge in [-0.3, -0.25) is 10.1 Å². The zero-order valence-electron chi connectivity index (χ0n) is 5.55. The van der Waals surface area contributed by atoms with E-state index in [1.54, 1.807) is 0 Å². The standard InChI is InChI=1S/C4HF7NO/c5-2(6,3(7,8)9)4(10,11)12-1-13/h(H,12,13). The largest absolute Gasteiger partial charge is 0.462 e. The maximum absolute atomic E-state index is 11.9. The third-order valence-corrected chi connectivity index (χ3v) is 0.958. The Morgan fingerprint density at radius 3 is 1.54 bits per heavy atom. The molecular weight excluding hydrogens is 211 g/mol. The van der Waals surface area contributed by atoms with Crippen LogP contribution < -0.4 is 5.32 Å². The smallest absolute Gasteiger partial charge is 0.284 e. The van der Waals surface area contributed by atoms with E-state index >= 15 is 0 Å². The normalized spacial score (nSPS) is 14.1. The van der Waals surface area contributed by atoms with Gasteiger partial charge in [0.2, 0.25) is 0 Å². The van der Waals surface area contributed by atoms with Crippen molar-refractivity contribution in [2.75, 3.05) is 0 Å². The third-order valence-electron chi connectivity index (χ3n) is 0.958. The van der Waals surface area contributed by atoms with Crippen LogP contribution in [0.2, 0.25) is 0 Å². The second kappa shape index (κ2) is 3.04. The van der Waals surface area contributed by atoms with Crippen molar-refractivity contribution in [3.63, 3.8) is 0 Å². The second-order valence-electron chi connectivity index (χ2n) is 1.87. The lowest BCUT2D eigenvalue weighted by atomic mass is 10.3. The van der Waals surface area contributed by atoms with Crippen LogP contribution in [0.3, 0.4) is 0 Å². The molecular formula is C4HF7NO. The number of hydrogen-bond acceptors (Lipinski definition) is 1. The number of hydrogen-bond donors (Lipinski definition) is 1. The van der Waals surface area contributed by atoms with Crippen LogP contribution in [0.4, 0.5) is 30.7 Å². The maximum Gasteiger partial charge on any atom is 0.462 e. The summed E-state index contributed by atoms with van der Waals surface area (Å²) in [4.78, 5) is 9.18. The zero-order valence-corrected chi connectivity index (χ0v) is 5.55. The van der Waals surface area contributed by atoms with E-state index in [4.69, 9.17) is 0 Å². The molecule has 0 spiro atoms. The molecule has 2 nitrogen and oxygen atoms in total. The quantitative estimate of drug-likeness (QED) is 0.428. The molecule has 1 amide bonds. The number of halogens is 7. The van der Waals surface area contributed by atoms with Gasteiger partial charge in [-0.1, -0.05) is 0 Å². The van der Waals surface area contributed by atoms with Crippen molar-refractivity contribution in [2.24, 2.45) is 0 Å². The van der Waals surface area contributed by atoms with Crippen molar-refractivity contribution >= 4 is 6.41 Å². The van der Waals surface area contributed by atoms with Crippen LogP contribution in [0.1, 0.15) is 0 Å². The number of carbonyl (C=O) groups excluding carboxylic acids is 1. The SMILES string of the molecule is O=[C]NC(F)(F)C(F)(F)C(F)(F)F.